The van der Waals surface area contributed by atoms with Crippen molar-refractivity contribution in [2.45, 2.75) is 66.1 Å². The van der Waals surface area contributed by atoms with Crippen molar-refractivity contribution in [3.63, 3.8) is 0 Å². The number of rotatable bonds is 6. The van der Waals surface area contributed by atoms with Crippen molar-refractivity contribution < 1.29 is 23.9 Å². The molecule has 0 bridgehead atoms. The minimum atomic E-state index is -0.250. The first kappa shape index (κ1) is 25.4. The summed E-state index contributed by atoms with van der Waals surface area (Å²) >= 11 is 0. The predicted octanol–water partition coefficient (Wildman–Crippen LogP) is 4.39. The van der Waals surface area contributed by atoms with Crippen molar-refractivity contribution in [2.75, 3.05) is 32.2 Å². The summed E-state index contributed by atoms with van der Waals surface area (Å²) in [5.74, 6) is 3.35. The monoisotopic (exact) mass is 386 g/mol. The van der Waals surface area contributed by atoms with Crippen LogP contribution in [0.2, 0.25) is 0 Å². The molecular weight excluding hydrogens is 348 g/mol. The number of carboxylic acid groups (broad SMARTS) is 1. The summed E-state index contributed by atoms with van der Waals surface area (Å²) in [6.45, 7) is 12.5. The van der Waals surface area contributed by atoms with Gasteiger partial charge in [0, 0.05) is 45.2 Å². The number of aromatic nitrogens is 1. The maximum atomic E-state index is 8.36. The Balaban J connectivity index is 0.000000997. The normalized spacial score (nSPS) is 15.7. The van der Waals surface area contributed by atoms with Gasteiger partial charge < -0.3 is 24.0 Å². The number of nitrogens with zero attached hydrogens (tertiary/aromatic N) is 2. The molecule has 1 fully saturated rings. The topological polar surface area (TPSA) is 85.0 Å². The van der Waals surface area contributed by atoms with Crippen LogP contribution in [0.15, 0.2) is 10.6 Å². The van der Waals surface area contributed by atoms with Crippen LogP contribution in [0.1, 0.15) is 65.6 Å². The first-order valence-electron chi connectivity index (χ1n) is 9.74. The third-order valence-electron chi connectivity index (χ3n) is 4.68. The molecule has 1 atom stereocenters. The van der Waals surface area contributed by atoms with Gasteiger partial charge in [-0.1, -0.05) is 46.2 Å². The predicted molar refractivity (Wildman–Crippen MR) is 107 cm³/mol. The van der Waals surface area contributed by atoms with Gasteiger partial charge in [0.15, 0.2) is 12.1 Å². The summed E-state index contributed by atoms with van der Waals surface area (Å²) in [7, 11) is 3.41. The van der Waals surface area contributed by atoms with E-state index in [0.29, 0.717) is 17.8 Å². The molecule has 0 radical (unpaired) electrons. The third-order valence-corrected chi connectivity index (χ3v) is 4.68. The number of anilines is 1. The van der Waals surface area contributed by atoms with Crippen LogP contribution in [0.3, 0.4) is 0 Å². The minimum Gasteiger partial charge on any atom is -0.483 e. The van der Waals surface area contributed by atoms with Crippen LogP contribution in [0.5, 0.6) is 0 Å². The molecule has 1 N–H and O–H groups in total. The lowest BCUT2D eigenvalue weighted by Crippen LogP contribution is -2.39. The van der Waals surface area contributed by atoms with E-state index in [1.165, 1.54) is 6.42 Å². The molecule has 1 aliphatic heterocycles. The lowest BCUT2D eigenvalue weighted by molar-refractivity contribution is -0.141. The molecule has 0 spiro atoms. The average molecular weight is 387 g/mol. The Morgan fingerprint density at radius 2 is 1.74 bits per heavy atom. The molecule has 1 saturated heterocycles. The summed E-state index contributed by atoms with van der Waals surface area (Å²) in [4.78, 5) is 10.7. The van der Waals surface area contributed by atoms with Crippen LogP contribution in [-0.4, -0.2) is 50.3 Å². The maximum absolute atomic E-state index is 8.36. The highest BCUT2D eigenvalue weighted by Crippen LogP contribution is 2.30. The van der Waals surface area contributed by atoms with E-state index in [2.05, 4.69) is 50.7 Å². The highest BCUT2D eigenvalue weighted by molar-refractivity contribution is 5.39. The van der Waals surface area contributed by atoms with E-state index >= 15 is 0 Å². The Morgan fingerprint density at radius 3 is 2.15 bits per heavy atom. The van der Waals surface area contributed by atoms with Crippen LogP contribution in [-0.2, 0) is 14.3 Å². The lowest BCUT2D eigenvalue weighted by Gasteiger charge is -2.34. The molecule has 1 aromatic rings. The fourth-order valence-electron chi connectivity index (χ4n) is 2.85. The molecule has 7 nitrogen and oxygen atoms in total. The number of hydrogen-bond donors (Lipinski definition) is 1. The molecule has 158 valence electrons. The largest absolute Gasteiger partial charge is 0.483 e. The van der Waals surface area contributed by atoms with Crippen LogP contribution in [0.25, 0.3) is 0 Å². The van der Waals surface area contributed by atoms with E-state index in [1.54, 1.807) is 14.2 Å². The smallest absolute Gasteiger partial charge is 0.290 e. The fourth-order valence-corrected chi connectivity index (χ4v) is 2.85. The van der Waals surface area contributed by atoms with Crippen LogP contribution >= 0.6 is 0 Å². The van der Waals surface area contributed by atoms with Gasteiger partial charge in [0.25, 0.3) is 6.47 Å². The van der Waals surface area contributed by atoms with Crippen LogP contribution in [0, 0.1) is 11.8 Å². The van der Waals surface area contributed by atoms with Gasteiger partial charge in [0.05, 0.1) is 0 Å². The van der Waals surface area contributed by atoms with Crippen molar-refractivity contribution in [3.8, 4) is 0 Å². The molecule has 1 unspecified atom stereocenters. The second-order valence-corrected chi connectivity index (χ2v) is 7.10. The van der Waals surface area contributed by atoms with E-state index in [1.807, 2.05) is 0 Å². The maximum Gasteiger partial charge on any atom is 0.290 e. The van der Waals surface area contributed by atoms with E-state index < -0.39 is 0 Å². The molecule has 27 heavy (non-hydrogen) atoms. The Morgan fingerprint density at radius 1 is 1.26 bits per heavy atom. The Hall–Kier alpha value is -1.60. The second kappa shape index (κ2) is 14.5. The SMILES string of the molecule is CCC.COC(OC)C1CCN(c2cc(C(C)C(C)C)on2)CC1.O=CO. The summed E-state index contributed by atoms with van der Waals surface area (Å²) in [5.41, 5.74) is 0. The van der Waals surface area contributed by atoms with Crippen molar-refractivity contribution in [1.82, 2.24) is 5.16 Å². The molecule has 1 aliphatic rings. The van der Waals surface area contributed by atoms with Gasteiger partial charge in [-0.2, -0.15) is 0 Å². The van der Waals surface area contributed by atoms with Crippen molar-refractivity contribution in [2.24, 2.45) is 11.8 Å². The first-order valence-corrected chi connectivity index (χ1v) is 9.74. The van der Waals surface area contributed by atoms with Gasteiger partial charge in [0.1, 0.15) is 5.76 Å². The van der Waals surface area contributed by atoms with Gasteiger partial charge in [-0.15, -0.1) is 0 Å². The van der Waals surface area contributed by atoms with E-state index in [4.69, 9.17) is 23.9 Å². The van der Waals surface area contributed by atoms with Crippen molar-refractivity contribution >= 4 is 12.3 Å². The van der Waals surface area contributed by atoms with Crippen molar-refractivity contribution in [3.05, 3.63) is 11.8 Å². The van der Waals surface area contributed by atoms with E-state index in [-0.39, 0.29) is 12.8 Å². The second-order valence-electron chi connectivity index (χ2n) is 7.10. The first-order chi connectivity index (χ1) is 12.9. The molecule has 2 rings (SSSR count). The molecule has 0 aliphatic carbocycles. The summed E-state index contributed by atoms with van der Waals surface area (Å²) in [6, 6.07) is 2.09. The van der Waals surface area contributed by atoms with Gasteiger partial charge in [-0.05, 0) is 18.8 Å². The molecule has 7 heteroatoms. The highest BCUT2D eigenvalue weighted by atomic mass is 16.7. The van der Waals surface area contributed by atoms with Gasteiger partial charge in [0.2, 0.25) is 0 Å². The molecular formula is C20H38N2O5. The third kappa shape index (κ3) is 8.75. The Bertz CT molecular complexity index is 480. The standard InChI is InChI=1S/C16H28N2O3.C3H8.CH2O2/c1-11(2)12(3)14-10-15(17-21-14)18-8-6-13(7-9-18)16(19-4)20-5;1-3-2;2-1-3/h10-13,16H,6-9H2,1-5H3;3H2,1-2H3;1H,(H,2,3). The minimum absolute atomic E-state index is 0.0963. The van der Waals surface area contributed by atoms with Gasteiger partial charge >= 0.3 is 0 Å². The molecule has 2 heterocycles. The number of methoxy groups -OCH3 is 2. The summed E-state index contributed by atoms with van der Waals surface area (Å²) in [6.07, 6.45) is 3.25. The number of ether oxygens (including phenoxy) is 2. The average Bonchev–Trinajstić information content (AvgIpc) is 3.14. The summed E-state index contributed by atoms with van der Waals surface area (Å²) < 4.78 is 16.3. The van der Waals surface area contributed by atoms with Crippen LogP contribution < -0.4 is 4.90 Å². The molecule has 0 saturated carbocycles. The van der Waals surface area contributed by atoms with Crippen molar-refractivity contribution in [1.29, 1.82) is 0 Å². The van der Waals surface area contributed by atoms with Gasteiger partial charge in [-0.25, -0.2) is 0 Å². The zero-order valence-corrected chi connectivity index (χ0v) is 18.0. The van der Waals surface area contributed by atoms with Gasteiger partial charge in [-0.3, -0.25) is 4.79 Å². The Kier molecular flexibility index (Phi) is 13.6. The Labute approximate surface area is 164 Å². The highest BCUT2D eigenvalue weighted by Gasteiger charge is 2.28. The molecule has 0 aromatic carbocycles. The quantitative estimate of drug-likeness (QED) is 0.573. The molecule has 0 amide bonds. The van der Waals surface area contributed by atoms with E-state index in [0.717, 1.165) is 37.5 Å². The lowest BCUT2D eigenvalue weighted by atomic mass is 9.95. The summed E-state index contributed by atoms with van der Waals surface area (Å²) in [5, 5.41) is 11.1. The number of hydrogen-bond acceptors (Lipinski definition) is 6. The number of carbonyl (C=O) groups is 1. The number of piperidine rings is 1. The fraction of sp³-hybridized carbons (Fsp3) is 0.800. The van der Waals surface area contributed by atoms with E-state index in [9.17, 15) is 0 Å². The zero-order valence-electron chi connectivity index (χ0n) is 18.0. The van der Waals surface area contributed by atoms with Crippen LogP contribution in [0.4, 0.5) is 5.82 Å². The molecule has 1 aromatic heterocycles. The zero-order chi connectivity index (χ0) is 20.8.